The van der Waals surface area contributed by atoms with Crippen LogP contribution in [0, 0.1) is 17.8 Å². The number of hydrogen-bond acceptors (Lipinski definition) is 10. The molecular formula is C36H36N4O6. The van der Waals surface area contributed by atoms with Crippen molar-refractivity contribution in [2.75, 3.05) is 14.2 Å². The molecule has 0 aromatic carbocycles. The Morgan fingerprint density at radius 1 is 1.04 bits per heavy atom. The summed E-state index contributed by atoms with van der Waals surface area (Å²) in [5.41, 5.74) is 9.56. The number of methoxy groups -OCH3 is 2. The molecule has 1 aliphatic carbocycles. The Morgan fingerprint density at radius 3 is 2.46 bits per heavy atom. The minimum Gasteiger partial charge on any atom is -0.515 e. The topological polar surface area (TPSA) is 139 Å². The van der Waals surface area contributed by atoms with E-state index in [0.29, 0.717) is 75.1 Å². The molecular weight excluding hydrogens is 584 g/mol. The number of esters is 2. The smallest absolute Gasteiger partial charge is 0.321 e. The number of aliphatic hydroxyl groups excluding tert-OH is 1. The van der Waals surface area contributed by atoms with Crippen molar-refractivity contribution in [1.29, 1.82) is 0 Å². The van der Waals surface area contributed by atoms with E-state index in [4.69, 9.17) is 24.5 Å². The third-order valence-corrected chi connectivity index (χ3v) is 9.62. The predicted molar refractivity (Wildman–Crippen MR) is 175 cm³/mol. The molecule has 1 saturated carbocycles. The highest BCUT2D eigenvalue weighted by molar-refractivity contribution is 6.42. The molecule has 5 aliphatic heterocycles. The lowest BCUT2D eigenvalue weighted by atomic mass is 9.85. The van der Waals surface area contributed by atoms with E-state index < -0.39 is 11.9 Å². The van der Waals surface area contributed by atoms with E-state index in [1.807, 2.05) is 45.9 Å². The van der Waals surface area contributed by atoms with Gasteiger partial charge in [-0.25, -0.2) is 15.0 Å². The lowest BCUT2D eigenvalue weighted by Gasteiger charge is -2.19. The molecule has 6 aliphatic rings. The maximum absolute atomic E-state index is 14.1. The maximum Gasteiger partial charge on any atom is 0.321 e. The highest BCUT2D eigenvalue weighted by Crippen LogP contribution is 2.47. The molecule has 1 saturated heterocycles. The first-order valence-corrected chi connectivity index (χ1v) is 15.3. The standard InChI is InChI=1S/C36H36N4O6/c1-8-19-16(3)23-12-24-17(4)21(10-11-29(42)45-6)33(39-24)31-32(36(44)46-7)35(43)30-18(5)25(40-34(30)31)13-27-20(9-2)22(15-41)28(38-27)14-26(19)37-23/h8,12-15,17,21,32,39,41H,1,9-11H2,2-7H3/t17-,21-,32?/m0/s1. The Kier molecular flexibility index (Phi) is 7.83. The van der Waals surface area contributed by atoms with Crippen molar-refractivity contribution < 1.29 is 29.0 Å². The minimum atomic E-state index is -1.21. The zero-order valence-corrected chi connectivity index (χ0v) is 26.8. The number of nitrogens with zero attached hydrogens (tertiary/aromatic N) is 3. The number of ether oxygens (including phenoxy) is 2. The zero-order valence-electron chi connectivity index (χ0n) is 26.8. The number of aliphatic imine (C=N–C) groups is 3. The largest absolute Gasteiger partial charge is 0.515 e. The summed E-state index contributed by atoms with van der Waals surface area (Å²) in [5, 5.41) is 13.9. The number of aliphatic hydroxyl groups is 1. The van der Waals surface area contributed by atoms with Gasteiger partial charge in [0.25, 0.3) is 0 Å². The number of Topliss-reactive ketones (excluding diaryl/α,β-unsaturated/α-hetero) is 1. The molecule has 0 aromatic heterocycles. The fourth-order valence-corrected chi connectivity index (χ4v) is 7.09. The molecule has 0 spiro atoms. The molecule has 0 amide bonds. The summed E-state index contributed by atoms with van der Waals surface area (Å²) in [7, 11) is 2.62. The van der Waals surface area contributed by atoms with Gasteiger partial charge >= 0.3 is 11.9 Å². The Bertz CT molecular complexity index is 1880. The molecule has 2 fully saturated rings. The number of fused-ring (bicyclic) bond motifs is 5. The number of ketones is 1. The average molecular weight is 621 g/mol. The van der Waals surface area contributed by atoms with E-state index in [0.717, 1.165) is 28.7 Å². The molecule has 0 aromatic rings. The molecule has 3 atom stereocenters. The molecule has 5 heterocycles. The lowest BCUT2D eigenvalue weighted by Crippen LogP contribution is -2.26. The summed E-state index contributed by atoms with van der Waals surface area (Å²) in [6, 6.07) is 0. The second-order valence-corrected chi connectivity index (χ2v) is 11.9. The average Bonchev–Trinajstić information content (AvgIpc) is 3.79. The van der Waals surface area contributed by atoms with E-state index in [2.05, 4.69) is 11.9 Å². The maximum atomic E-state index is 14.1. The highest BCUT2D eigenvalue weighted by Gasteiger charge is 2.51. The summed E-state index contributed by atoms with van der Waals surface area (Å²) in [6.45, 7) is 11.8. The molecule has 2 N–H and O–H groups in total. The first kappa shape index (κ1) is 30.9. The van der Waals surface area contributed by atoms with Crippen LogP contribution >= 0.6 is 0 Å². The van der Waals surface area contributed by atoms with Gasteiger partial charge in [0.2, 0.25) is 0 Å². The van der Waals surface area contributed by atoms with Gasteiger partial charge in [-0.2, -0.15) is 0 Å². The van der Waals surface area contributed by atoms with Gasteiger partial charge in [-0.3, -0.25) is 14.4 Å². The van der Waals surface area contributed by atoms with Crippen LogP contribution in [0.4, 0.5) is 0 Å². The SMILES string of the molecule is C=CC1=C(C)C2=NC1=CC1=NC(=C(CC)C1=CO)C=C1N=C3C(=C1C)C(=O)C(C(=O)OC)C3=C1NC(=C2)[C@@H](C)[C@@H]1CCC(=O)OC. The summed E-state index contributed by atoms with van der Waals surface area (Å²) in [4.78, 5) is 54.5. The third-order valence-electron chi connectivity index (χ3n) is 9.62. The van der Waals surface area contributed by atoms with Gasteiger partial charge in [0.15, 0.2) is 5.78 Å². The van der Waals surface area contributed by atoms with Crippen LogP contribution in [0.25, 0.3) is 0 Å². The van der Waals surface area contributed by atoms with Gasteiger partial charge in [-0.15, -0.1) is 0 Å². The molecule has 10 heteroatoms. The Morgan fingerprint density at radius 2 is 1.80 bits per heavy atom. The van der Waals surface area contributed by atoms with Gasteiger partial charge in [0.05, 0.1) is 54.7 Å². The zero-order chi connectivity index (χ0) is 33.0. The van der Waals surface area contributed by atoms with Crippen molar-refractivity contribution in [2.24, 2.45) is 32.7 Å². The van der Waals surface area contributed by atoms with Crippen LogP contribution in [0.15, 0.2) is 120 Å². The van der Waals surface area contributed by atoms with E-state index in [1.54, 1.807) is 6.08 Å². The quantitative estimate of drug-likeness (QED) is 0.231. The fourth-order valence-electron chi connectivity index (χ4n) is 7.09. The van der Waals surface area contributed by atoms with Crippen molar-refractivity contribution in [2.45, 2.75) is 47.0 Å². The summed E-state index contributed by atoms with van der Waals surface area (Å²) in [5.74, 6) is -3.02. The minimum absolute atomic E-state index is 0.139. The summed E-state index contributed by atoms with van der Waals surface area (Å²) < 4.78 is 10.1. The molecule has 236 valence electrons. The Balaban J connectivity index is 1.67. The van der Waals surface area contributed by atoms with Gasteiger partial charge in [-0.1, -0.05) is 26.5 Å². The van der Waals surface area contributed by atoms with Crippen LogP contribution in [0.5, 0.6) is 0 Å². The van der Waals surface area contributed by atoms with Crippen molar-refractivity contribution >= 4 is 34.9 Å². The lowest BCUT2D eigenvalue weighted by molar-refractivity contribution is -0.146. The van der Waals surface area contributed by atoms with E-state index in [1.165, 1.54) is 14.2 Å². The Labute approximate surface area is 267 Å². The number of carbonyl (C=O) groups excluding carboxylic acids is 3. The highest BCUT2D eigenvalue weighted by atomic mass is 16.5. The van der Waals surface area contributed by atoms with Crippen molar-refractivity contribution in [3.05, 3.63) is 105 Å². The number of carbonyl (C=O) groups is 3. The number of rotatable bonds is 6. The van der Waals surface area contributed by atoms with Gasteiger partial charge in [-0.05, 0) is 61.6 Å². The van der Waals surface area contributed by atoms with Crippen LogP contribution in [-0.4, -0.2) is 54.2 Å². The number of allylic oxidation sites excluding steroid dienone is 11. The van der Waals surface area contributed by atoms with Gasteiger partial charge < -0.3 is 19.9 Å². The normalized spacial score (nSPS) is 25.8. The molecule has 46 heavy (non-hydrogen) atoms. The van der Waals surface area contributed by atoms with Crippen LogP contribution in [-0.2, 0) is 23.9 Å². The number of hydrogen-bond donors (Lipinski definition) is 2. The monoisotopic (exact) mass is 620 g/mol. The second kappa shape index (κ2) is 11.7. The van der Waals surface area contributed by atoms with E-state index >= 15 is 0 Å². The van der Waals surface area contributed by atoms with Crippen LogP contribution in [0.3, 0.4) is 0 Å². The second-order valence-electron chi connectivity index (χ2n) is 11.9. The molecule has 1 unspecified atom stereocenters. The van der Waals surface area contributed by atoms with Crippen LogP contribution in [0.1, 0.15) is 47.0 Å². The molecule has 6 rings (SSSR count). The predicted octanol–water partition coefficient (Wildman–Crippen LogP) is 5.38. The van der Waals surface area contributed by atoms with Crippen molar-refractivity contribution in [3.8, 4) is 0 Å². The van der Waals surface area contributed by atoms with E-state index in [-0.39, 0.29) is 30.0 Å². The summed E-state index contributed by atoms with van der Waals surface area (Å²) >= 11 is 0. The number of nitrogens with one attached hydrogen (secondary N) is 1. The first-order chi connectivity index (χ1) is 22.1. The molecule has 0 radical (unpaired) electrons. The fraction of sp³-hybridized carbons (Fsp3) is 0.333. The van der Waals surface area contributed by atoms with Crippen LogP contribution < -0.4 is 5.32 Å². The molecule has 10 nitrogen and oxygen atoms in total. The first-order valence-electron chi connectivity index (χ1n) is 15.3. The van der Waals surface area contributed by atoms with Gasteiger partial charge in [0, 0.05) is 51.9 Å². The third kappa shape index (κ3) is 4.62. The van der Waals surface area contributed by atoms with Gasteiger partial charge in [0.1, 0.15) is 5.92 Å². The van der Waals surface area contributed by atoms with E-state index in [9.17, 15) is 19.5 Å². The molecule has 8 bridgehead atoms. The van der Waals surface area contributed by atoms with Crippen molar-refractivity contribution in [1.82, 2.24) is 5.32 Å². The Hall–Kier alpha value is -5.12. The van der Waals surface area contributed by atoms with Crippen LogP contribution in [0.2, 0.25) is 0 Å². The van der Waals surface area contributed by atoms with Crippen molar-refractivity contribution in [3.63, 3.8) is 0 Å². The summed E-state index contributed by atoms with van der Waals surface area (Å²) in [6.07, 6.45) is 9.59.